The molecule has 8 rings (SSSR count). The van der Waals surface area contributed by atoms with E-state index >= 15 is 0 Å². The van der Waals surface area contributed by atoms with Crippen molar-refractivity contribution in [1.82, 2.24) is 0 Å². The highest BCUT2D eigenvalue weighted by molar-refractivity contribution is 5.45. The lowest BCUT2D eigenvalue weighted by molar-refractivity contribution is -0.301. The third kappa shape index (κ3) is 4.84. The number of hydrogen-bond donors (Lipinski definition) is 0. The fourth-order valence-corrected chi connectivity index (χ4v) is 19.5. The van der Waals surface area contributed by atoms with Crippen LogP contribution in [0.1, 0.15) is 200 Å². The molecule has 7 aliphatic rings. The molecule has 0 nitrogen and oxygen atoms in total. The summed E-state index contributed by atoms with van der Waals surface area (Å²) >= 11 is 0. The lowest BCUT2D eigenvalue weighted by atomic mass is 9.27. The summed E-state index contributed by atoms with van der Waals surface area (Å²) < 4.78 is 0. The minimum absolute atomic E-state index is 0.333. The van der Waals surface area contributed by atoms with Crippen LogP contribution in [0.2, 0.25) is 0 Å². The maximum atomic E-state index is 2.80. The van der Waals surface area contributed by atoms with Crippen molar-refractivity contribution in [2.75, 3.05) is 0 Å². The Bertz CT molecular complexity index is 1680. The molecule has 21 unspecified atom stereocenters. The SMILES string of the molecule is CC1CC2(C)C(C)(C(C)C1C)C(C)C(C)C1C3CC(C)C(C)(C)C3(C)CC(C)C12C.Cc1ccc2c(c1)C(C)C(C)C1C3CC(C)C(C)(C)C3(C)CC(C)C21C. The monoisotopic (exact) mass is 767 g/mol. The molecule has 0 bridgehead atoms. The van der Waals surface area contributed by atoms with E-state index in [9.17, 15) is 0 Å². The molecule has 0 aromatic heterocycles. The van der Waals surface area contributed by atoms with Crippen LogP contribution in [0.3, 0.4) is 0 Å². The maximum Gasteiger partial charge on any atom is -0.00128 e. The molecular formula is C56H94. The third-order valence-corrected chi connectivity index (χ3v) is 25.7. The van der Waals surface area contributed by atoms with Crippen molar-refractivity contribution in [3.05, 3.63) is 34.9 Å². The first kappa shape index (κ1) is 43.3. The van der Waals surface area contributed by atoms with Crippen LogP contribution in [0.15, 0.2) is 18.2 Å². The van der Waals surface area contributed by atoms with Crippen LogP contribution in [0, 0.1) is 128 Å². The molecule has 21 atom stereocenters. The fourth-order valence-electron chi connectivity index (χ4n) is 19.5. The summed E-state index contributed by atoms with van der Waals surface area (Å²) in [5.74, 6) is 12.2. The van der Waals surface area contributed by atoms with Gasteiger partial charge in [0.2, 0.25) is 0 Å². The van der Waals surface area contributed by atoms with Crippen molar-refractivity contribution >= 4 is 0 Å². The zero-order chi connectivity index (χ0) is 42.0. The van der Waals surface area contributed by atoms with Gasteiger partial charge in [-0.2, -0.15) is 0 Å². The predicted molar refractivity (Wildman–Crippen MR) is 244 cm³/mol. The van der Waals surface area contributed by atoms with E-state index in [2.05, 4.69) is 171 Å². The Morgan fingerprint density at radius 3 is 1.52 bits per heavy atom. The Morgan fingerprint density at radius 1 is 0.500 bits per heavy atom. The van der Waals surface area contributed by atoms with Crippen LogP contribution < -0.4 is 0 Å². The summed E-state index contributed by atoms with van der Waals surface area (Å²) in [6.45, 7) is 57.5. The van der Waals surface area contributed by atoms with Crippen molar-refractivity contribution in [3.63, 3.8) is 0 Å². The summed E-state index contributed by atoms with van der Waals surface area (Å²) in [6.07, 6.45) is 7.14. The molecule has 0 radical (unpaired) electrons. The topological polar surface area (TPSA) is 0 Å². The molecule has 6 saturated carbocycles. The molecule has 0 heterocycles. The number of benzene rings is 1. The van der Waals surface area contributed by atoms with E-state index in [1.807, 2.05) is 0 Å². The van der Waals surface area contributed by atoms with E-state index in [4.69, 9.17) is 0 Å². The van der Waals surface area contributed by atoms with Gasteiger partial charge in [0.1, 0.15) is 0 Å². The number of hydrogen-bond acceptors (Lipinski definition) is 0. The standard InChI is InChI=1S/C30H54.C26H40/c1-17-15-28(11)29(12)19(3)16-27(10)24(14-18(2)26(27,8)9)25(29)21(5)23(7)30(28,13)22(6)20(17)4;1-15-10-11-21-20(12-15)18(4)19(5)23-22-13-16(2)24(6,7)25(22,8)14-17(3)26(21,23)9/h17-25H,14-16H2,1-13H3;10-12,16-19,22-23H,13-14H2,1-9H3. The summed E-state index contributed by atoms with van der Waals surface area (Å²) in [5, 5.41) is 0. The molecule has 1 aromatic rings. The second-order valence-corrected chi connectivity index (χ2v) is 26.4. The number of fused-ring (bicyclic) bond motifs is 10. The molecular weight excluding hydrogens is 673 g/mol. The molecule has 0 saturated heterocycles. The van der Waals surface area contributed by atoms with E-state index in [0.717, 1.165) is 82.9 Å². The van der Waals surface area contributed by atoms with Gasteiger partial charge in [-0.25, -0.2) is 0 Å². The average molecular weight is 767 g/mol. The van der Waals surface area contributed by atoms with Crippen LogP contribution in [-0.2, 0) is 5.41 Å². The minimum atomic E-state index is 0.333. The molecule has 56 heavy (non-hydrogen) atoms. The average Bonchev–Trinajstić information content (AvgIpc) is 3.40. The summed E-state index contributed by atoms with van der Waals surface area (Å²) in [6, 6.07) is 7.37. The second kappa shape index (κ2) is 12.9. The molecule has 0 aliphatic heterocycles. The third-order valence-electron chi connectivity index (χ3n) is 25.7. The Balaban J connectivity index is 0.000000173. The van der Waals surface area contributed by atoms with Gasteiger partial charge in [-0.1, -0.05) is 169 Å². The van der Waals surface area contributed by atoms with E-state index < -0.39 is 0 Å². The van der Waals surface area contributed by atoms with E-state index in [1.165, 1.54) is 37.7 Å². The minimum Gasteiger partial charge on any atom is -0.0622 e. The molecule has 0 spiro atoms. The Kier molecular flexibility index (Phi) is 9.96. The van der Waals surface area contributed by atoms with E-state index in [1.54, 1.807) is 11.1 Å². The van der Waals surface area contributed by atoms with Crippen LogP contribution >= 0.6 is 0 Å². The first-order valence-corrected chi connectivity index (χ1v) is 24.6. The Labute approximate surface area is 350 Å². The van der Waals surface area contributed by atoms with Gasteiger partial charge in [-0.3, -0.25) is 0 Å². The number of rotatable bonds is 0. The van der Waals surface area contributed by atoms with Crippen LogP contribution in [0.25, 0.3) is 0 Å². The highest BCUT2D eigenvalue weighted by Crippen LogP contribution is 2.82. The predicted octanol–water partition coefficient (Wildman–Crippen LogP) is 16.3. The first-order chi connectivity index (χ1) is 25.5. The van der Waals surface area contributed by atoms with Crippen molar-refractivity contribution in [1.29, 1.82) is 0 Å². The van der Waals surface area contributed by atoms with Gasteiger partial charge < -0.3 is 0 Å². The van der Waals surface area contributed by atoms with Crippen LogP contribution in [0.4, 0.5) is 0 Å². The van der Waals surface area contributed by atoms with Crippen LogP contribution in [0.5, 0.6) is 0 Å². The molecule has 0 heteroatoms. The highest BCUT2D eigenvalue weighted by atomic mass is 14.8. The number of aryl methyl sites for hydroxylation is 1. The van der Waals surface area contributed by atoms with Crippen molar-refractivity contribution < 1.29 is 0 Å². The van der Waals surface area contributed by atoms with Crippen molar-refractivity contribution in [2.45, 2.75) is 196 Å². The van der Waals surface area contributed by atoms with Gasteiger partial charge >= 0.3 is 0 Å². The van der Waals surface area contributed by atoms with Crippen molar-refractivity contribution in [2.24, 2.45) is 121 Å². The smallest absolute Gasteiger partial charge is 0.00128 e. The molecule has 318 valence electrons. The van der Waals surface area contributed by atoms with E-state index in [0.29, 0.717) is 49.2 Å². The van der Waals surface area contributed by atoms with Gasteiger partial charge in [0, 0.05) is 0 Å². The van der Waals surface area contributed by atoms with Gasteiger partial charge in [0.15, 0.2) is 0 Å². The molecule has 6 fully saturated rings. The largest absolute Gasteiger partial charge is 0.0622 e. The first-order valence-electron chi connectivity index (χ1n) is 24.6. The lowest BCUT2D eigenvalue weighted by Gasteiger charge is -2.78. The van der Waals surface area contributed by atoms with E-state index in [-0.39, 0.29) is 0 Å². The summed E-state index contributed by atoms with van der Waals surface area (Å²) in [5.41, 5.74) is 8.28. The molecule has 1 aromatic carbocycles. The zero-order valence-electron chi connectivity index (χ0n) is 41.4. The fraction of sp³-hybridized carbons (Fsp3) is 0.893. The summed E-state index contributed by atoms with van der Waals surface area (Å²) in [7, 11) is 0. The lowest BCUT2D eigenvalue weighted by Crippen LogP contribution is -2.72. The molecule has 0 amide bonds. The Morgan fingerprint density at radius 2 is 0.982 bits per heavy atom. The van der Waals surface area contributed by atoms with Gasteiger partial charge in [0.25, 0.3) is 0 Å². The normalized spacial score (nSPS) is 57.6. The molecule has 7 aliphatic carbocycles. The van der Waals surface area contributed by atoms with Gasteiger partial charge in [-0.15, -0.1) is 0 Å². The second-order valence-electron chi connectivity index (χ2n) is 26.4. The van der Waals surface area contributed by atoms with Crippen LogP contribution in [-0.4, -0.2) is 0 Å². The highest BCUT2D eigenvalue weighted by Gasteiger charge is 2.76. The Hall–Kier alpha value is -0.780. The van der Waals surface area contributed by atoms with Crippen molar-refractivity contribution in [3.8, 4) is 0 Å². The summed E-state index contributed by atoms with van der Waals surface area (Å²) in [4.78, 5) is 0. The quantitative estimate of drug-likeness (QED) is 0.247. The van der Waals surface area contributed by atoms with Gasteiger partial charge in [0.05, 0.1) is 0 Å². The zero-order valence-corrected chi connectivity index (χ0v) is 41.4. The molecule has 0 N–H and O–H groups in total. The maximum absolute atomic E-state index is 2.80. The van der Waals surface area contributed by atoms with Gasteiger partial charge in [-0.05, 0) is 182 Å².